The molecule has 0 atom stereocenters. The van der Waals surface area contributed by atoms with Crippen LogP contribution in [0.1, 0.15) is 0 Å². The average molecular weight is 285 g/mol. The quantitative estimate of drug-likeness (QED) is 0.593. The van der Waals surface area contributed by atoms with Crippen molar-refractivity contribution in [1.82, 2.24) is 0 Å². The lowest BCUT2D eigenvalue weighted by Gasteiger charge is -2.05. The van der Waals surface area contributed by atoms with Gasteiger partial charge in [0.05, 0.1) is 5.69 Å². The first kappa shape index (κ1) is 14.0. The van der Waals surface area contributed by atoms with Crippen LogP contribution in [0, 0.1) is 0 Å². The van der Waals surface area contributed by atoms with E-state index in [-0.39, 0.29) is 11.9 Å². The third-order valence-electron chi connectivity index (χ3n) is 2.31. The molecule has 20 heavy (non-hydrogen) atoms. The zero-order valence-electron chi connectivity index (χ0n) is 10.7. The van der Waals surface area contributed by atoms with E-state index < -0.39 is 0 Å². The van der Waals surface area contributed by atoms with E-state index in [1.54, 1.807) is 11.8 Å². The second kappa shape index (κ2) is 6.63. The molecule has 0 aliphatic carbocycles. The molecular weight excluding hydrogens is 270 g/mol. The number of hydrogen-bond acceptors (Lipinski definition) is 2. The van der Waals surface area contributed by atoms with Crippen LogP contribution >= 0.6 is 11.8 Å². The summed E-state index contributed by atoms with van der Waals surface area (Å²) in [5.41, 5.74) is 16.9. The molecule has 0 bridgehead atoms. The van der Waals surface area contributed by atoms with Gasteiger partial charge in [0.2, 0.25) is 5.96 Å². The fraction of sp³-hybridized carbons (Fsp3) is 0. The molecule has 102 valence electrons. The molecule has 2 aromatic carbocycles. The van der Waals surface area contributed by atoms with Gasteiger partial charge in [-0.1, -0.05) is 42.1 Å². The summed E-state index contributed by atoms with van der Waals surface area (Å²) in [4.78, 5) is 10.0. The predicted octanol–water partition coefficient (Wildman–Crippen LogP) is 2.06. The Morgan fingerprint density at radius 2 is 1.50 bits per heavy atom. The lowest BCUT2D eigenvalue weighted by molar-refractivity contribution is 1.32. The molecular formula is C14H15N5S. The van der Waals surface area contributed by atoms with Gasteiger partial charge >= 0.3 is 0 Å². The van der Waals surface area contributed by atoms with Crippen molar-refractivity contribution in [3.8, 4) is 0 Å². The number of nitrogens with zero attached hydrogens (tertiary/aromatic N) is 2. The maximum absolute atomic E-state index is 5.66. The number of para-hydroxylation sites is 1. The van der Waals surface area contributed by atoms with E-state index in [2.05, 4.69) is 9.98 Å². The first-order valence-electron chi connectivity index (χ1n) is 5.91. The Labute approximate surface area is 121 Å². The van der Waals surface area contributed by atoms with Crippen molar-refractivity contribution in [3.05, 3.63) is 54.6 Å². The van der Waals surface area contributed by atoms with Crippen LogP contribution in [0.15, 0.2) is 74.4 Å². The minimum Gasteiger partial charge on any atom is -0.370 e. The Bertz CT molecular complexity index is 633. The summed E-state index contributed by atoms with van der Waals surface area (Å²) >= 11 is 1.60. The SMILES string of the molecule is NC(N)=NC(N)=Nc1ccccc1Sc1ccccc1. The van der Waals surface area contributed by atoms with Gasteiger partial charge in [-0.15, -0.1) is 0 Å². The van der Waals surface area contributed by atoms with Crippen LogP contribution in [-0.2, 0) is 0 Å². The van der Waals surface area contributed by atoms with E-state index in [4.69, 9.17) is 17.2 Å². The number of nitrogens with two attached hydrogens (primary N) is 3. The highest BCUT2D eigenvalue weighted by molar-refractivity contribution is 7.99. The Hall–Kier alpha value is -2.47. The summed E-state index contributed by atoms with van der Waals surface area (Å²) in [7, 11) is 0. The Morgan fingerprint density at radius 1 is 0.850 bits per heavy atom. The first-order valence-corrected chi connectivity index (χ1v) is 6.72. The summed E-state index contributed by atoms with van der Waals surface area (Å²) in [5.74, 6) is -0.0782. The molecule has 2 rings (SSSR count). The smallest absolute Gasteiger partial charge is 0.223 e. The first-order chi connectivity index (χ1) is 9.65. The van der Waals surface area contributed by atoms with Gasteiger partial charge in [-0.2, -0.15) is 4.99 Å². The molecule has 0 saturated carbocycles. The lowest BCUT2D eigenvalue weighted by atomic mass is 10.3. The summed E-state index contributed by atoms with van der Waals surface area (Å²) in [6.45, 7) is 0. The van der Waals surface area contributed by atoms with Crippen LogP contribution in [-0.4, -0.2) is 11.9 Å². The Balaban J connectivity index is 2.29. The van der Waals surface area contributed by atoms with Crippen LogP contribution < -0.4 is 17.2 Å². The van der Waals surface area contributed by atoms with Gasteiger partial charge in [0, 0.05) is 9.79 Å². The number of benzene rings is 2. The molecule has 0 aliphatic heterocycles. The molecule has 0 spiro atoms. The van der Waals surface area contributed by atoms with E-state index in [1.807, 2.05) is 54.6 Å². The molecule has 0 fully saturated rings. The maximum atomic E-state index is 5.66. The van der Waals surface area contributed by atoms with Crippen molar-refractivity contribution < 1.29 is 0 Å². The molecule has 2 aromatic rings. The zero-order valence-corrected chi connectivity index (χ0v) is 11.5. The predicted molar refractivity (Wildman–Crippen MR) is 84.1 cm³/mol. The third kappa shape index (κ3) is 4.03. The number of hydrogen-bond donors (Lipinski definition) is 3. The number of rotatable bonds is 3. The standard InChI is InChI=1S/C14H15N5S/c15-13(16)19-14(17)18-11-8-4-5-9-12(11)20-10-6-2-1-3-7-10/h1-9H,(H6,15,16,17,18,19). The second-order valence-corrected chi connectivity index (χ2v) is 5.00. The van der Waals surface area contributed by atoms with E-state index in [1.165, 1.54) is 0 Å². The highest BCUT2D eigenvalue weighted by Crippen LogP contribution is 2.34. The van der Waals surface area contributed by atoms with E-state index in [9.17, 15) is 0 Å². The third-order valence-corrected chi connectivity index (χ3v) is 3.39. The van der Waals surface area contributed by atoms with Crippen molar-refractivity contribution in [1.29, 1.82) is 0 Å². The van der Waals surface area contributed by atoms with Crippen LogP contribution in [0.5, 0.6) is 0 Å². The van der Waals surface area contributed by atoms with Gasteiger partial charge in [0.1, 0.15) is 0 Å². The van der Waals surface area contributed by atoms with Gasteiger partial charge in [0.25, 0.3) is 0 Å². The van der Waals surface area contributed by atoms with Gasteiger partial charge < -0.3 is 17.2 Å². The van der Waals surface area contributed by atoms with Gasteiger partial charge in [-0.25, -0.2) is 4.99 Å². The maximum Gasteiger partial charge on any atom is 0.223 e. The van der Waals surface area contributed by atoms with Crippen LogP contribution in [0.3, 0.4) is 0 Å². The molecule has 0 heterocycles. The molecule has 0 unspecified atom stereocenters. The normalized spacial score (nSPS) is 11.1. The molecule has 0 aromatic heterocycles. The van der Waals surface area contributed by atoms with Gasteiger partial charge in [-0.05, 0) is 24.3 Å². The highest BCUT2D eigenvalue weighted by atomic mass is 32.2. The average Bonchev–Trinajstić information content (AvgIpc) is 2.41. The van der Waals surface area contributed by atoms with Crippen LogP contribution in [0.2, 0.25) is 0 Å². The molecule has 0 aliphatic rings. The highest BCUT2D eigenvalue weighted by Gasteiger charge is 2.03. The zero-order chi connectivity index (χ0) is 14.4. The summed E-state index contributed by atoms with van der Waals surface area (Å²) in [6.07, 6.45) is 0. The van der Waals surface area contributed by atoms with Crippen molar-refractivity contribution >= 4 is 29.4 Å². The lowest BCUT2D eigenvalue weighted by Crippen LogP contribution is -2.26. The molecule has 0 radical (unpaired) electrons. The van der Waals surface area contributed by atoms with Crippen molar-refractivity contribution in [2.24, 2.45) is 27.2 Å². The van der Waals surface area contributed by atoms with Crippen molar-refractivity contribution in [2.75, 3.05) is 0 Å². The fourth-order valence-electron chi connectivity index (χ4n) is 1.53. The molecule has 5 nitrogen and oxygen atoms in total. The largest absolute Gasteiger partial charge is 0.370 e. The molecule has 0 amide bonds. The van der Waals surface area contributed by atoms with Crippen LogP contribution in [0.4, 0.5) is 5.69 Å². The van der Waals surface area contributed by atoms with E-state index >= 15 is 0 Å². The van der Waals surface area contributed by atoms with Crippen molar-refractivity contribution in [3.63, 3.8) is 0 Å². The Kier molecular flexibility index (Phi) is 4.62. The minimum absolute atomic E-state index is 0.0334. The number of aliphatic imine (C=N–C) groups is 2. The molecule has 0 saturated heterocycles. The number of guanidine groups is 2. The summed E-state index contributed by atoms with van der Waals surface area (Å²) in [6, 6.07) is 17.7. The van der Waals surface area contributed by atoms with Crippen LogP contribution in [0.25, 0.3) is 0 Å². The van der Waals surface area contributed by atoms with Gasteiger partial charge in [0.15, 0.2) is 5.96 Å². The minimum atomic E-state index is -0.112. The van der Waals surface area contributed by atoms with Gasteiger partial charge in [-0.3, -0.25) is 0 Å². The van der Waals surface area contributed by atoms with Crippen molar-refractivity contribution in [2.45, 2.75) is 9.79 Å². The van der Waals surface area contributed by atoms with E-state index in [0.29, 0.717) is 0 Å². The monoisotopic (exact) mass is 285 g/mol. The van der Waals surface area contributed by atoms with E-state index in [0.717, 1.165) is 15.5 Å². The second-order valence-electron chi connectivity index (χ2n) is 3.89. The molecule has 6 N–H and O–H groups in total. The summed E-state index contributed by atoms with van der Waals surface area (Å²) in [5, 5.41) is 0. The fourth-order valence-corrected chi connectivity index (χ4v) is 2.44. The summed E-state index contributed by atoms with van der Waals surface area (Å²) < 4.78 is 0. The molecule has 6 heteroatoms. The topological polar surface area (TPSA) is 103 Å². The Morgan fingerprint density at radius 3 is 2.20 bits per heavy atom.